The summed E-state index contributed by atoms with van der Waals surface area (Å²) in [6.45, 7) is 8.35. The van der Waals surface area contributed by atoms with Gasteiger partial charge in [-0.15, -0.1) is 0 Å². The molecule has 0 aromatic heterocycles. The van der Waals surface area contributed by atoms with E-state index in [2.05, 4.69) is 55.8 Å². The molecule has 2 heteroatoms. The van der Waals surface area contributed by atoms with Crippen molar-refractivity contribution in [2.24, 2.45) is 5.73 Å². The smallest absolute Gasteiger partial charge is 0.0236 e. The Bertz CT molecular complexity index is 337. The third kappa shape index (κ3) is 2.82. The molecule has 2 N–H and O–H groups in total. The predicted octanol–water partition coefficient (Wildman–Crippen LogP) is 3.35. The molecular weight excluding hydrogens is 238 g/mol. The summed E-state index contributed by atoms with van der Waals surface area (Å²) in [4.78, 5) is 0. The first-order valence-corrected chi connectivity index (χ1v) is 5.64. The molecule has 0 aliphatic carbocycles. The third-order valence-electron chi connectivity index (χ3n) is 2.34. The van der Waals surface area contributed by atoms with Gasteiger partial charge in [-0.2, -0.15) is 0 Å². The maximum atomic E-state index is 6.01. The number of hydrogen-bond donors (Lipinski definition) is 1. The van der Waals surface area contributed by atoms with E-state index in [4.69, 9.17) is 5.73 Å². The van der Waals surface area contributed by atoms with Crippen LogP contribution in [0.1, 0.15) is 30.5 Å². The summed E-state index contributed by atoms with van der Waals surface area (Å²) >= 11 is 3.60. The molecule has 0 spiro atoms. The Hall–Kier alpha value is -0.340. The predicted molar refractivity (Wildman–Crippen MR) is 65.6 cm³/mol. The van der Waals surface area contributed by atoms with Crippen LogP contribution in [0.15, 0.2) is 16.6 Å². The lowest BCUT2D eigenvalue weighted by molar-refractivity contribution is 0.515. The third-order valence-corrected chi connectivity index (χ3v) is 3.56. The number of aryl methyl sites for hydroxylation is 1. The normalized spacial score (nSPS) is 11.9. The van der Waals surface area contributed by atoms with E-state index in [9.17, 15) is 0 Å². The van der Waals surface area contributed by atoms with Crippen LogP contribution in [0.2, 0.25) is 0 Å². The molecule has 1 rings (SSSR count). The topological polar surface area (TPSA) is 26.0 Å². The van der Waals surface area contributed by atoms with Crippen molar-refractivity contribution < 1.29 is 0 Å². The molecule has 0 amide bonds. The molecular formula is C12H18BrN. The summed E-state index contributed by atoms with van der Waals surface area (Å²) in [5, 5.41) is 0. The molecule has 0 aliphatic rings. The van der Waals surface area contributed by atoms with Crippen molar-refractivity contribution in [1.82, 2.24) is 0 Å². The Labute approximate surface area is 94.8 Å². The Morgan fingerprint density at radius 3 is 2.36 bits per heavy atom. The molecule has 0 bridgehead atoms. The van der Waals surface area contributed by atoms with E-state index in [1.165, 1.54) is 21.2 Å². The van der Waals surface area contributed by atoms with Crippen LogP contribution in [0.5, 0.6) is 0 Å². The van der Waals surface area contributed by atoms with Gasteiger partial charge in [-0.05, 0) is 50.8 Å². The van der Waals surface area contributed by atoms with Crippen molar-refractivity contribution in [2.45, 2.75) is 39.7 Å². The average molecular weight is 256 g/mol. The van der Waals surface area contributed by atoms with Gasteiger partial charge in [0.15, 0.2) is 0 Å². The van der Waals surface area contributed by atoms with Gasteiger partial charge < -0.3 is 5.73 Å². The van der Waals surface area contributed by atoms with Gasteiger partial charge in [-0.25, -0.2) is 0 Å². The maximum Gasteiger partial charge on any atom is 0.0236 e. The van der Waals surface area contributed by atoms with Gasteiger partial charge in [0.2, 0.25) is 0 Å². The molecule has 14 heavy (non-hydrogen) atoms. The molecule has 0 fully saturated rings. The Kier molecular flexibility index (Phi) is 3.38. The Balaban J connectivity index is 3.06. The lowest BCUT2D eigenvalue weighted by atomic mass is 9.92. The highest BCUT2D eigenvalue weighted by molar-refractivity contribution is 9.10. The summed E-state index contributed by atoms with van der Waals surface area (Å²) in [5.74, 6) is 0. The van der Waals surface area contributed by atoms with Gasteiger partial charge in [-0.3, -0.25) is 0 Å². The fraction of sp³-hybridized carbons (Fsp3) is 0.500. The highest BCUT2D eigenvalue weighted by Gasteiger charge is 2.14. The van der Waals surface area contributed by atoms with Crippen LogP contribution in [0.25, 0.3) is 0 Å². The van der Waals surface area contributed by atoms with Crippen LogP contribution in [-0.4, -0.2) is 5.54 Å². The quantitative estimate of drug-likeness (QED) is 0.862. The van der Waals surface area contributed by atoms with E-state index < -0.39 is 0 Å². The molecule has 1 aromatic rings. The molecule has 0 unspecified atom stereocenters. The minimum absolute atomic E-state index is 0.139. The average Bonchev–Trinajstić information content (AvgIpc) is 2.04. The first-order chi connectivity index (χ1) is 6.31. The largest absolute Gasteiger partial charge is 0.325 e. The van der Waals surface area contributed by atoms with Crippen LogP contribution in [-0.2, 0) is 6.42 Å². The Morgan fingerprint density at radius 2 is 1.86 bits per heavy atom. The fourth-order valence-electron chi connectivity index (χ4n) is 1.54. The van der Waals surface area contributed by atoms with E-state index in [0.717, 1.165) is 6.42 Å². The van der Waals surface area contributed by atoms with E-state index in [1.54, 1.807) is 0 Å². The summed E-state index contributed by atoms with van der Waals surface area (Å²) < 4.78 is 1.21. The van der Waals surface area contributed by atoms with E-state index in [0.29, 0.717) is 0 Å². The summed E-state index contributed by atoms with van der Waals surface area (Å²) in [5.41, 5.74) is 9.79. The van der Waals surface area contributed by atoms with E-state index in [-0.39, 0.29) is 5.54 Å². The Morgan fingerprint density at radius 1 is 1.29 bits per heavy atom. The highest BCUT2D eigenvalue weighted by atomic mass is 79.9. The number of rotatable bonds is 2. The summed E-state index contributed by atoms with van der Waals surface area (Å²) in [7, 11) is 0. The number of benzene rings is 1. The van der Waals surface area contributed by atoms with Gasteiger partial charge in [0.05, 0.1) is 0 Å². The van der Waals surface area contributed by atoms with Crippen LogP contribution >= 0.6 is 15.9 Å². The SMILES string of the molecule is Cc1ccc(CC(C)(C)N)c(C)c1Br. The molecule has 0 saturated carbocycles. The lowest BCUT2D eigenvalue weighted by Gasteiger charge is -2.20. The second-order valence-corrected chi connectivity index (χ2v) is 5.44. The molecule has 78 valence electrons. The number of halogens is 1. The molecule has 0 heterocycles. The monoisotopic (exact) mass is 255 g/mol. The van der Waals surface area contributed by atoms with Crippen LogP contribution in [0.4, 0.5) is 0 Å². The summed E-state index contributed by atoms with van der Waals surface area (Å²) in [6, 6.07) is 4.31. The van der Waals surface area contributed by atoms with Crippen LogP contribution in [0, 0.1) is 13.8 Å². The molecule has 0 atom stereocenters. The standard InChI is InChI=1S/C12H18BrN/c1-8-5-6-10(7-12(3,4)14)9(2)11(8)13/h5-6H,7,14H2,1-4H3. The zero-order valence-electron chi connectivity index (χ0n) is 9.32. The van der Waals surface area contributed by atoms with Gasteiger partial charge in [-0.1, -0.05) is 28.1 Å². The zero-order chi connectivity index (χ0) is 10.9. The maximum absolute atomic E-state index is 6.01. The molecule has 0 aliphatic heterocycles. The minimum atomic E-state index is -0.139. The first kappa shape index (κ1) is 11.7. The molecule has 0 radical (unpaired) electrons. The van der Waals surface area contributed by atoms with Crippen molar-refractivity contribution in [1.29, 1.82) is 0 Å². The second-order valence-electron chi connectivity index (χ2n) is 4.65. The highest BCUT2D eigenvalue weighted by Crippen LogP contribution is 2.25. The van der Waals surface area contributed by atoms with Crippen molar-refractivity contribution in [3.63, 3.8) is 0 Å². The van der Waals surface area contributed by atoms with Gasteiger partial charge in [0.1, 0.15) is 0 Å². The van der Waals surface area contributed by atoms with Gasteiger partial charge in [0, 0.05) is 10.0 Å². The van der Waals surface area contributed by atoms with Crippen LogP contribution < -0.4 is 5.73 Å². The van der Waals surface area contributed by atoms with Crippen LogP contribution in [0.3, 0.4) is 0 Å². The van der Waals surface area contributed by atoms with E-state index in [1.807, 2.05) is 0 Å². The molecule has 1 nitrogen and oxygen atoms in total. The zero-order valence-corrected chi connectivity index (χ0v) is 10.9. The minimum Gasteiger partial charge on any atom is -0.325 e. The van der Waals surface area contributed by atoms with Crippen molar-refractivity contribution >= 4 is 15.9 Å². The van der Waals surface area contributed by atoms with Gasteiger partial charge >= 0.3 is 0 Å². The molecule has 1 aromatic carbocycles. The molecule has 0 saturated heterocycles. The lowest BCUT2D eigenvalue weighted by Crippen LogP contribution is -2.34. The second kappa shape index (κ2) is 4.03. The fourth-order valence-corrected chi connectivity index (χ4v) is 1.93. The van der Waals surface area contributed by atoms with Crippen molar-refractivity contribution in [3.8, 4) is 0 Å². The van der Waals surface area contributed by atoms with Crippen molar-refractivity contribution in [2.75, 3.05) is 0 Å². The first-order valence-electron chi connectivity index (χ1n) is 4.85. The summed E-state index contributed by atoms with van der Waals surface area (Å²) in [6.07, 6.45) is 0.914. The van der Waals surface area contributed by atoms with Crippen molar-refractivity contribution in [3.05, 3.63) is 33.3 Å². The van der Waals surface area contributed by atoms with Gasteiger partial charge in [0.25, 0.3) is 0 Å². The number of nitrogens with two attached hydrogens (primary N) is 1. The number of hydrogen-bond acceptors (Lipinski definition) is 1. The van der Waals surface area contributed by atoms with E-state index >= 15 is 0 Å².